The number of Topliss-reactive ketones (excluding diaryl/α,β-unsaturated/α-hetero) is 1. The van der Waals surface area contributed by atoms with Crippen molar-refractivity contribution in [2.24, 2.45) is 7.05 Å². The third kappa shape index (κ3) is 4.13. The van der Waals surface area contributed by atoms with E-state index in [1.165, 1.54) is 18.9 Å². The summed E-state index contributed by atoms with van der Waals surface area (Å²) in [6.07, 6.45) is 0. The van der Waals surface area contributed by atoms with E-state index in [9.17, 15) is 9.59 Å². The van der Waals surface area contributed by atoms with Crippen LogP contribution in [0.1, 0.15) is 32.1 Å². The molecule has 0 aliphatic carbocycles. The Morgan fingerprint density at radius 2 is 1.88 bits per heavy atom. The Morgan fingerprint density at radius 3 is 2.53 bits per heavy atom. The van der Waals surface area contributed by atoms with Crippen LogP contribution in [-0.4, -0.2) is 43.9 Å². The molecule has 3 heterocycles. The molecule has 4 aromatic rings. The van der Waals surface area contributed by atoms with Crippen molar-refractivity contribution >= 4 is 34.9 Å². The lowest BCUT2D eigenvalue weighted by molar-refractivity contribution is 0.0600. The van der Waals surface area contributed by atoms with Gasteiger partial charge >= 0.3 is 5.97 Å². The summed E-state index contributed by atoms with van der Waals surface area (Å²) in [5.74, 6) is 0.711. The first kappa shape index (κ1) is 22.0. The number of hydrogen-bond donors (Lipinski definition) is 0. The number of ether oxygens (including phenoxy) is 1. The van der Waals surface area contributed by atoms with Crippen molar-refractivity contribution in [3.05, 3.63) is 70.4 Å². The summed E-state index contributed by atoms with van der Waals surface area (Å²) in [5.41, 5.74) is 3.84. The normalized spacial score (nSPS) is 11.0. The van der Waals surface area contributed by atoms with Gasteiger partial charge in [0.25, 0.3) is 0 Å². The van der Waals surface area contributed by atoms with Gasteiger partial charge in [0.2, 0.25) is 0 Å². The minimum Gasteiger partial charge on any atom is -0.465 e. The van der Waals surface area contributed by atoms with Crippen molar-refractivity contribution in [2.75, 3.05) is 12.9 Å². The monoisotopic (exact) mass is 466 g/mol. The van der Waals surface area contributed by atoms with Gasteiger partial charge in [-0.05, 0) is 55.6 Å². The van der Waals surface area contributed by atoms with Crippen LogP contribution in [0.15, 0.2) is 53.0 Å². The maximum atomic E-state index is 13.0. The van der Waals surface area contributed by atoms with E-state index in [1.54, 1.807) is 23.5 Å². The second-order valence-corrected chi connectivity index (χ2v) is 9.10. The van der Waals surface area contributed by atoms with E-state index in [0.29, 0.717) is 16.3 Å². The molecule has 0 amide bonds. The van der Waals surface area contributed by atoms with Gasteiger partial charge in [-0.1, -0.05) is 17.8 Å². The number of nitrogens with zero attached hydrogens (tertiary/aromatic N) is 4. The first-order valence-corrected chi connectivity index (χ1v) is 11.7. The molecule has 1 aromatic carbocycles. The predicted octanol–water partition coefficient (Wildman–Crippen LogP) is 4.71. The van der Waals surface area contributed by atoms with Gasteiger partial charge < -0.3 is 13.9 Å². The lowest BCUT2D eigenvalue weighted by Crippen LogP contribution is -2.07. The largest absolute Gasteiger partial charge is 0.465 e. The third-order valence-corrected chi connectivity index (χ3v) is 7.07. The van der Waals surface area contributed by atoms with Crippen LogP contribution in [0.25, 0.3) is 16.4 Å². The van der Waals surface area contributed by atoms with Crippen LogP contribution in [0, 0.1) is 13.8 Å². The van der Waals surface area contributed by atoms with E-state index in [2.05, 4.69) is 10.2 Å². The number of thioether (sulfide) groups is 1. The number of carbonyl (C=O) groups is 2. The Kier molecular flexibility index (Phi) is 6.29. The second-order valence-electron chi connectivity index (χ2n) is 7.21. The van der Waals surface area contributed by atoms with Crippen molar-refractivity contribution < 1.29 is 14.3 Å². The zero-order chi connectivity index (χ0) is 22.8. The molecule has 0 radical (unpaired) electrons. The Bertz CT molecular complexity index is 1270. The van der Waals surface area contributed by atoms with Gasteiger partial charge in [0.1, 0.15) is 0 Å². The van der Waals surface area contributed by atoms with Gasteiger partial charge in [0.05, 0.1) is 23.3 Å². The molecule has 0 aliphatic rings. The van der Waals surface area contributed by atoms with Gasteiger partial charge in [0.15, 0.2) is 16.8 Å². The summed E-state index contributed by atoms with van der Waals surface area (Å²) in [6.45, 7) is 3.89. The summed E-state index contributed by atoms with van der Waals surface area (Å²) in [6, 6.07) is 13.0. The van der Waals surface area contributed by atoms with Gasteiger partial charge in [0, 0.05) is 29.7 Å². The summed E-state index contributed by atoms with van der Waals surface area (Å²) < 4.78 is 8.68. The summed E-state index contributed by atoms with van der Waals surface area (Å²) in [5, 5.41) is 11.2. The van der Waals surface area contributed by atoms with Crippen molar-refractivity contribution in [1.29, 1.82) is 0 Å². The topological polar surface area (TPSA) is 79.0 Å². The molecule has 0 spiro atoms. The number of methoxy groups -OCH3 is 1. The fourth-order valence-corrected chi connectivity index (χ4v) is 5.11. The fourth-order valence-electron chi connectivity index (χ4n) is 3.58. The molecule has 0 atom stereocenters. The number of rotatable bonds is 7. The average molecular weight is 467 g/mol. The third-order valence-electron chi connectivity index (χ3n) is 5.19. The van der Waals surface area contributed by atoms with Crippen LogP contribution in [-0.2, 0) is 11.8 Å². The standard InChI is InChI=1S/C23H22N4O3S2/c1-14-12-18(15(2)27(14)17-9-7-16(8-10-17)22(29)30-4)19(28)13-32-23-25-24-21(26(23)3)20-6-5-11-31-20/h5-12H,13H2,1-4H3. The van der Waals surface area contributed by atoms with Gasteiger partial charge in [-0.15, -0.1) is 21.5 Å². The van der Waals surface area contributed by atoms with Gasteiger partial charge in [-0.3, -0.25) is 4.79 Å². The van der Waals surface area contributed by atoms with E-state index >= 15 is 0 Å². The zero-order valence-electron chi connectivity index (χ0n) is 18.2. The second kappa shape index (κ2) is 9.13. The number of aryl methyl sites for hydroxylation is 1. The molecule has 0 saturated carbocycles. The Balaban J connectivity index is 1.51. The highest BCUT2D eigenvalue weighted by molar-refractivity contribution is 7.99. The quantitative estimate of drug-likeness (QED) is 0.223. The molecular formula is C23H22N4O3S2. The molecule has 32 heavy (non-hydrogen) atoms. The molecule has 0 bridgehead atoms. The molecule has 0 saturated heterocycles. The minimum absolute atomic E-state index is 0.0289. The molecule has 3 aromatic heterocycles. The number of esters is 1. The highest BCUT2D eigenvalue weighted by Gasteiger charge is 2.19. The molecule has 9 heteroatoms. The lowest BCUT2D eigenvalue weighted by atomic mass is 10.2. The Hall–Kier alpha value is -3.17. The van der Waals surface area contributed by atoms with Crippen LogP contribution in [0.2, 0.25) is 0 Å². The lowest BCUT2D eigenvalue weighted by Gasteiger charge is -2.10. The Morgan fingerprint density at radius 1 is 1.12 bits per heavy atom. The average Bonchev–Trinajstić information content (AvgIpc) is 3.51. The van der Waals surface area contributed by atoms with Crippen molar-refractivity contribution in [3.63, 3.8) is 0 Å². The Labute approximate surface area is 194 Å². The number of thiophene rings is 1. The summed E-state index contributed by atoms with van der Waals surface area (Å²) in [7, 11) is 3.27. The van der Waals surface area contributed by atoms with Gasteiger partial charge in [-0.2, -0.15) is 0 Å². The molecule has 0 aliphatic heterocycles. The van der Waals surface area contributed by atoms with E-state index in [0.717, 1.165) is 27.8 Å². The summed E-state index contributed by atoms with van der Waals surface area (Å²) >= 11 is 2.98. The van der Waals surface area contributed by atoms with Crippen molar-refractivity contribution in [3.8, 4) is 16.4 Å². The van der Waals surface area contributed by atoms with E-state index in [4.69, 9.17) is 4.74 Å². The summed E-state index contributed by atoms with van der Waals surface area (Å²) in [4.78, 5) is 25.7. The number of carbonyl (C=O) groups excluding carboxylic acids is 2. The number of hydrogen-bond acceptors (Lipinski definition) is 7. The van der Waals surface area contributed by atoms with Gasteiger partial charge in [-0.25, -0.2) is 4.79 Å². The molecule has 7 nitrogen and oxygen atoms in total. The zero-order valence-corrected chi connectivity index (χ0v) is 19.8. The minimum atomic E-state index is -0.378. The fraction of sp³-hybridized carbons (Fsp3) is 0.217. The first-order valence-electron chi connectivity index (χ1n) is 9.87. The van der Waals surface area contributed by atoms with Crippen LogP contribution in [0.3, 0.4) is 0 Å². The number of benzene rings is 1. The van der Waals surface area contributed by atoms with Crippen LogP contribution < -0.4 is 0 Å². The van der Waals surface area contributed by atoms with Crippen LogP contribution in [0.5, 0.6) is 0 Å². The van der Waals surface area contributed by atoms with E-state index in [1.807, 2.05) is 65.7 Å². The number of ketones is 1. The first-order chi connectivity index (χ1) is 15.4. The highest BCUT2D eigenvalue weighted by atomic mass is 32.2. The predicted molar refractivity (Wildman–Crippen MR) is 126 cm³/mol. The van der Waals surface area contributed by atoms with E-state index in [-0.39, 0.29) is 17.5 Å². The van der Waals surface area contributed by atoms with Crippen LogP contribution in [0.4, 0.5) is 0 Å². The van der Waals surface area contributed by atoms with Crippen LogP contribution >= 0.6 is 23.1 Å². The highest BCUT2D eigenvalue weighted by Crippen LogP contribution is 2.27. The van der Waals surface area contributed by atoms with E-state index < -0.39 is 0 Å². The molecule has 4 rings (SSSR count). The molecule has 164 valence electrons. The smallest absolute Gasteiger partial charge is 0.337 e. The number of aromatic nitrogens is 4. The molecule has 0 unspecified atom stereocenters. The maximum Gasteiger partial charge on any atom is 0.337 e. The molecular weight excluding hydrogens is 444 g/mol. The molecule has 0 fully saturated rings. The molecule has 0 N–H and O–H groups in total. The van der Waals surface area contributed by atoms with Crippen molar-refractivity contribution in [2.45, 2.75) is 19.0 Å². The SMILES string of the molecule is COC(=O)c1ccc(-n2c(C)cc(C(=O)CSc3nnc(-c4cccs4)n3C)c2C)cc1. The van der Waals surface area contributed by atoms with Crippen molar-refractivity contribution in [1.82, 2.24) is 19.3 Å². The maximum absolute atomic E-state index is 13.0.